The van der Waals surface area contributed by atoms with Crippen molar-refractivity contribution in [2.75, 3.05) is 39.3 Å². The number of hydrogen-bond donors (Lipinski definition) is 3. The number of nitrogens with zero attached hydrogens (tertiary/aromatic N) is 1. The van der Waals surface area contributed by atoms with Gasteiger partial charge in [-0.3, -0.25) is 4.90 Å². The topological polar surface area (TPSA) is 73.8 Å². The molecule has 4 heterocycles. The third-order valence-corrected chi connectivity index (χ3v) is 6.11. The third-order valence-electron chi connectivity index (χ3n) is 6.11. The van der Waals surface area contributed by atoms with Crippen molar-refractivity contribution in [3.8, 4) is 0 Å². The Morgan fingerprint density at radius 1 is 1.23 bits per heavy atom. The maximum absolute atomic E-state index is 13.1. The lowest BCUT2D eigenvalue weighted by atomic mass is 9.84. The fourth-order valence-corrected chi connectivity index (χ4v) is 4.53. The van der Waals surface area contributed by atoms with E-state index >= 15 is 0 Å². The van der Waals surface area contributed by atoms with Gasteiger partial charge in [0.1, 0.15) is 6.10 Å². The van der Waals surface area contributed by atoms with Crippen molar-refractivity contribution >= 4 is 5.97 Å². The van der Waals surface area contributed by atoms with Crippen molar-refractivity contribution in [3.63, 3.8) is 0 Å². The quantitative estimate of drug-likeness (QED) is 0.664. The van der Waals surface area contributed by atoms with Gasteiger partial charge in [-0.25, -0.2) is 4.79 Å². The first kappa shape index (κ1) is 17.9. The fraction of sp³-hybridized carbons (Fsp3) is 0.650. The van der Waals surface area contributed by atoms with Crippen LogP contribution >= 0.6 is 0 Å². The number of nitrogens with one attached hydrogen (secondary N) is 2. The second-order valence-corrected chi connectivity index (χ2v) is 7.87. The highest BCUT2D eigenvalue weighted by atomic mass is 16.6. The lowest BCUT2D eigenvalue weighted by Gasteiger charge is -2.45. The number of piperidine rings is 3. The van der Waals surface area contributed by atoms with E-state index in [9.17, 15) is 9.90 Å². The number of esters is 1. The zero-order chi connectivity index (χ0) is 18.0. The first-order chi connectivity index (χ1) is 12.6. The van der Waals surface area contributed by atoms with E-state index in [1.54, 1.807) is 0 Å². The van der Waals surface area contributed by atoms with Crippen molar-refractivity contribution in [1.82, 2.24) is 15.5 Å². The summed E-state index contributed by atoms with van der Waals surface area (Å²) in [6.07, 6.45) is 2.37. The van der Waals surface area contributed by atoms with Crippen LogP contribution < -0.4 is 10.6 Å². The Hall–Kier alpha value is -1.47. The van der Waals surface area contributed by atoms with Gasteiger partial charge in [-0.15, -0.1) is 0 Å². The average Bonchev–Trinajstić information content (AvgIpc) is 2.70. The number of piperazine rings is 1. The minimum atomic E-state index is -1.62. The highest BCUT2D eigenvalue weighted by Gasteiger charge is 2.45. The molecule has 1 aromatic rings. The van der Waals surface area contributed by atoms with Crippen LogP contribution in [0.1, 0.15) is 24.8 Å². The van der Waals surface area contributed by atoms with Gasteiger partial charge in [0.2, 0.25) is 0 Å². The minimum absolute atomic E-state index is 0.0352. The number of fused-ring (bicyclic) bond motifs is 3. The molecule has 4 fully saturated rings. The van der Waals surface area contributed by atoms with Crippen molar-refractivity contribution < 1.29 is 14.6 Å². The van der Waals surface area contributed by atoms with Gasteiger partial charge in [-0.2, -0.15) is 0 Å². The van der Waals surface area contributed by atoms with Crippen LogP contribution in [0, 0.1) is 5.92 Å². The molecule has 1 aromatic carbocycles. The molecule has 0 saturated carbocycles. The van der Waals surface area contributed by atoms with Gasteiger partial charge in [0.15, 0.2) is 5.60 Å². The van der Waals surface area contributed by atoms with Gasteiger partial charge in [-0.05, 0) is 37.4 Å². The van der Waals surface area contributed by atoms with E-state index in [2.05, 4.69) is 15.5 Å². The molecule has 4 aliphatic heterocycles. The van der Waals surface area contributed by atoms with E-state index in [-0.39, 0.29) is 12.1 Å². The van der Waals surface area contributed by atoms with E-state index in [1.165, 1.54) is 0 Å². The van der Waals surface area contributed by atoms with Gasteiger partial charge in [0.25, 0.3) is 0 Å². The maximum atomic E-state index is 13.1. The van der Waals surface area contributed by atoms with Crippen LogP contribution in [0.5, 0.6) is 0 Å². The molecule has 0 aromatic heterocycles. The maximum Gasteiger partial charge on any atom is 0.343 e. The fourth-order valence-electron chi connectivity index (χ4n) is 4.53. The second kappa shape index (κ2) is 7.64. The Morgan fingerprint density at radius 3 is 2.62 bits per heavy atom. The van der Waals surface area contributed by atoms with E-state index < -0.39 is 11.6 Å². The molecule has 0 radical (unpaired) electrons. The zero-order valence-corrected chi connectivity index (χ0v) is 15.2. The molecule has 0 spiro atoms. The van der Waals surface area contributed by atoms with Crippen LogP contribution in [0.3, 0.4) is 0 Å². The summed E-state index contributed by atoms with van der Waals surface area (Å²) in [7, 11) is 0. The van der Waals surface area contributed by atoms with Crippen LogP contribution in [-0.2, 0) is 15.1 Å². The molecule has 4 aliphatic rings. The normalized spacial score (nSPS) is 33.4. The average molecular weight is 359 g/mol. The lowest BCUT2D eigenvalue weighted by molar-refractivity contribution is -0.183. The molecule has 4 saturated heterocycles. The Bertz CT molecular complexity index is 612. The molecule has 5 rings (SSSR count). The number of carbonyl (C=O) groups excluding carboxylic acids is 1. The highest BCUT2D eigenvalue weighted by Crippen LogP contribution is 2.34. The summed E-state index contributed by atoms with van der Waals surface area (Å²) >= 11 is 0. The first-order valence-corrected chi connectivity index (χ1v) is 9.80. The zero-order valence-electron chi connectivity index (χ0n) is 15.2. The van der Waals surface area contributed by atoms with Gasteiger partial charge in [-0.1, -0.05) is 30.3 Å². The molecule has 142 valence electrons. The number of ether oxygens (including phenoxy) is 1. The number of hydrogen-bond acceptors (Lipinski definition) is 6. The Labute approximate surface area is 154 Å². The van der Waals surface area contributed by atoms with Crippen LogP contribution in [0.2, 0.25) is 0 Å². The molecule has 3 unspecified atom stereocenters. The first-order valence-electron chi connectivity index (χ1n) is 9.80. The van der Waals surface area contributed by atoms with Crippen molar-refractivity contribution in [2.24, 2.45) is 5.92 Å². The largest absolute Gasteiger partial charge is 0.458 e. The van der Waals surface area contributed by atoms with Crippen LogP contribution in [0.15, 0.2) is 30.3 Å². The summed E-state index contributed by atoms with van der Waals surface area (Å²) in [5.41, 5.74) is -1.01. The van der Waals surface area contributed by atoms with Crippen LogP contribution in [0.25, 0.3) is 0 Å². The van der Waals surface area contributed by atoms with Crippen molar-refractivity contribution in [1.29, 1.82) is 0 Å². The minimum Gasteiger partial charge on any atom is -0.458 e. The molecule has 3 atom stereocenters. The third kappa shape index (κ3) is 3.64. The molecule has 0 amide bonds. The summed E-state index contributed by atoms with van der Waals surface area (Å²) in [4.78, 5) is 15.5. The Kier molecular flexibility index (Phi) is 5.27. The lowest BCUT2D eigenvalue weighted by Crippen LogP contribution is -2.55. The number of rotatable bonds is 5. The van der Waals surface area contributed by atoms with Gasteiger partial charge in [0, 0.05) is 38.6 Å². The summed E-state index contributed by atoms with van der Waals surface area (Å²) in [6.45, 7) is 5.47. The summed E-state index contributed by atoms with van der Waals surface area (Å²) in [5.74, 6) is -0.0757. The van der Waals surface area contributed by atoms with Crippen molar-refractivity contribution in [2.45, 2.75) is 37.0 Å². The molecule has 0 aliphatic carbocycles. The number of aliphatic hydroxyl groups is 1. The second-order valence-electron chi connectivity index (χ2n) is 7.87. The molecule has 26 heavy (non-hydrogen) atoms. The highest BCUT2D eigenvalue weighted by molar-refractivity contribution is 5.81. The number of benzene rings is 1. The summed E-state index contributed by atoms with van der Waals surface area (Å²) in [5, 5.41) is 18.2. The molecular weight excluding hydrogens is 330 g/mol. The standard InChI is InChI=1S/C20H29N3O3/c24-19(26-18-14-23-10-6-15(18)7-11-23)20(25,16-4-2-1-3-5-16)12-17-13-21-8-9-22-17/h1-5,15,17-18,21-22,25H,6-14H2. The van der Waals surface area contributed by atoms with E-state index in [4.69, 9.17) is 4.74 Å². The van der Waals surface area contributed by atoms with E-state index in [0.717, 1.165) is 52.1 Å². The van der Waals surface area contributed by atoms with Gasteiger partial charge >= 0.3 is 5.97 Å². The van der Waals surface area contributed by atoms with Crippen LogP contribution in [0.4, 0.5) is 0 Å². The van der Waals surface area contributed by atoms with Gasteiger partial charge in [0.05, 0.1) is 0 Å². The Morgan fingerprint density at radius 2 is 2.00 bits per heavy atom. The monoisotopic (exact) mass is 359 g/mol. The van der Waals surface area contributed by atoms with Crippen molar-refractivity contribution in [3.05, 3.63) is 35.9 Å². The SMILES string of the molecule is O=C(OC1CN2CCC1CC2)C(O)(CC1CNCCN1)c1ccccc1. The molecule has 6 heteroatoms. The summed E-state index contributed by atoms with van der Waals surface area (Å²) in [6, 6.07) is 9.27. The van der Waals surface area contributed by atoms with Crippen LogP contribution in [-0.4, -0.2) is 67.4 Å². The predicted molar refractivity (Wildman–Crippen MR) is 98.7 cm³/mol. The van der Waals surface area contributed by atoms with E-state index in [1.807, 2.05) is 30.3 Å². The molecule has 3 N–H and O–H groups in total. The Balaban J connectivity index is 1.52. The van der Waals surface area contributed by atoms with Gasteiger partial charge < -0.3 is 20.5 Å². The van der Waals surface area contributed by atoms with E-state index in [0.29, 0.717) is 17.9 Å². The molecule has 6 nitrogen and oxygen atoms in total. The summed E-state index contributed by atoms with van der Waals surface area (Å²) < 4.78 is 5.91. The predicted octanol–water partition coefficient (Wildman–Crippen LogP) is 0.463. The molecular formula is C20H29N3O3. The molecule has 2 bridgehead atoms. The smallest absolute Gasteiger partial charge is 0.343 e. The number of carbonyl (C=O) groups is 1.